The van der Waals surface area contributed by atoms with Gasteiger partial charge >= 0.3 is 0 Å². The van der Waals surface area contributed by atoms with Crippen LogP contribution in [0.4, 0.5) is 0 Å². The topological polar surface area (TPSA) is 42.3 Å². The van der Waals surface area contributed by atoms with Crippen LogP contribution in [0.25, 0.3) is 0 Å². The normalized spacial score (nSPS) is 36.7. The summed E-state index contributed by atoms with van der Waals surface area (Å²) in [4.78, 5) is 5.07. The summed E-state index contributed by atoms with van der Waals surface area (Å²) in [5, 5.41) is 13.2. The summed E-state index contributed by atoms with van der Waals surface area (Å²) in [6, 6.07) is 3.79. The van der Waals surface area contributed by atoms with Crippen molar-refractivity contribution < 1.29 is 0 Å². The standard InChI is InChI=1S/C16H30N4/c1-4-8-18-16(13-17)7-5-6-15(11-16)20-10-9-19(3)12-14(20)2/h14-15,18H,4-12H2,1-3H3. The van der Waals surface area contributed by atoms with Gasteiger partial charge in [0.05, 0.1) is 6.07 Å². The maximum Gasteiger partial charge on any atom is 0.108 e. The molecule has 0 amide bonds. The molecule has 114 valence electrons. The molecule has 1 aliphatic heterocycles. The van der Waals surface area contributed by atoms with E-state index in [0.29, 0.717) is 12.1 Å². The summed E-state index contributed by atoms with van der Waals surface area (Å²) in [5.41, 5.74) is -0.276. The van der Waals surface area contributed by atoms with E-state index < -0.39 is 0 Å². The lowest BCUT2D eigenvalue weighted by atomic mass is 9.78. The van der Waals surface area contributed by atoms with Crippen LogP contribution in [0, 0.1) is 11.3 Å². The van der Waals surface area contributed by atoms with Gasteiger partial charge in [-0.3, -0.25) is 10.2 Å². The average Bonchev–Trinajstić information content (AvgIpc) is 2.45. The third kappa shape index (κ3) is 3.52. The van der Waals surface area contributed by atoms with Crippen molar-refractivity contribution in [1.82, 2.24) is 15.1 Å². The predicted molar refractivity (Wildman–Crippen MR) is 82.6 cm³/mol. The van der Waals surface area contributed by atoms with Gasteiger partial charge in [0.2, 0.25) is 0 Å². The molecule has 1 aliphatic carbocycles. The zero-order chi connectivity index (χ0) is 14.6. The van der Waals surface area contributed by atoms with Gasteiger partial charge in [-0.25, -0.2) is 0 Å². The van der Waals surface area contributed by atoms with Crippen LogP contribution in [0.1, 0.15) is 46.0 Å². The number of nitrogens with one attached hydrogen (secondary N) is 1. The van der Waals surface area contributed by atoms with Crippen molar-refractivity contribution in [3.8, 4) is 6.07 Å². The van der Waals surface area contributed by atoms with Crippen LogP contribution in [0.5, 0.6) is 0 Å². The van der Waals surface area contributed by atoms with E-state index in [0.717, 1.165) is 45.4 Å². The Hall–Kier alpha value is -0.630. The Balaban J connectivity index is 2.00. The van der Waals surface area contributed by atoms with Crippen LogP contribution in [-0.2, 0) is 0 Å². The van der Waals surface area contributed by atoms with Gasteiger partial charge in [0.25, 0.3) is 0 Å². The van der Waals surface area contributed by atoms with Gasteiger partial charge in [-0.2, -0.15) is 5.26 Å². The van der Waals surface area contributed by atoms with Gasteiger partial charge in [0, 0.05) is 31.7 Å². The minimum Gasteiger partial charge on any atom is -0.304 e. The summed E-state index contributed by atoms with van der Waals surface area (Å²) >= 11 is 0. The van der Waals surface area contributed by atoms with Crippen molar-refractivity contribution >= 4 is 0 Å². The van der Waals surface area contributed by atoms with Gasteiger partial charge in [-0.15, -0.1) is 0 Å². The number of piperazine rings is 1. The van der Waals surface area contributed by atoms with E-state index in [9.17, 15) is 5.26 Å². The molecule has 3 atom stereocenters. The van der Waals surface area contributed by atoms with Crippen molar-refractivity contribution in [3.63, 3.8) is 0 Å². The molecular weight excluding hydrogens is 248 g/mol. The zero-order valence-corrected chi connectivity index (χ0v) is 13.4. The molecule has 1 saturated heterocycles. The van der Waals surface area contributed by atoms with Crippen LogP contribution < -0.4 is 5.32 Å². The highest BCUT2D eigenvalue weighted by Gasteiger charge is 2.40. The number of likely N-dealkylation sites (N-methyl/N-ethyl adjacent to an activating group) is 1. The van der Waals surface area contributed by atoms with E-state index in [4.69, 9.17) is 0 Å². The molecule has 0 bridgehead atoms. The first-order valence-electron chi connectivity index (χ1n) is 8.21. The lowest BCUT2D eigenvalue weighted by Crippen LogP contribution is -2.59. The van der Waals surface area contributed by atoms with Crippen molar-refractivity contribution in [2.75, 3.05) is 33.2 Å². The molecule has 1 saturated carbocycles. The predicted octanol–water partition coefficient (Wildman–Crippen LogP) is 1.83. The molecule has 1 heterocycles. The van der Waals surface area contributed by atoms with Crippen LogP contribution in [-0.4, -0.2) is 60.6 Å². The van der Waals surface area contributed by atoms with Crippen molar-refractivity contribution in [3.05, 3.63) is 0 Å². The third-order valence-electron chi connectivity index (χ3n) is 5.00. The Bertz CT molecular complexity index is 351. The number of hydrogen-bond acceptors (Lipinski definition) is 4. The zero-order valence-electron chi connectivity index (χ0n) is 13.4. The second kappa shape index (κ2) is 6.89. The molecule has 4 nitrogen and oxygen atoms in total. The average molecular weight is 278 g/mol. The molecule has 0 aromatic carbocycles. The fourth-order valence-electron chi connectivity index (χ4n) is 3.89. The first-order chi connectivity index (χ1) is 9.60. The van der Waals surface area contributed by atoms with Crippen LogP contribution in [0.3, 0.4) is 0 Å². The Morgan fingerprint density at radius 1 is 1.40 bits per heavy atom. The fourth-order valence-corrected chi connectivity index (χ4v) is 3.89. The Morgan fingerprint density at radius 2 is 2.20 bits per heavy atom. The Kier molecular flexibility index (Phi) is 5.42. The van der Waals surface area contributed by atoms with Crippen LogP contribution in [0.2, 0.25) is 0 Å². The quantitative estimate of drug-likeness (QED) is 0.852. The summed E-state index contributed by atoms with van der Waals surface area (Å²) in [6.45, 7) is 8.91. The number of nitriles is 1. The van der Waals surface area contributed by atoms with E-state index >= 15 is 0 Å². The molecule has 2 fully saturated rings. The van der Waals surface area contributed by atoms with Gasteiger partial charge in [-0.1, -0.05) is 6.92 Å². The minimum absolute atomic E-state index is 0.276. The first kappa shape index (κ1) is 15.8. The lowest BCUT2D eigenvalue weighted by Gasteiger charge is -2.47. The minimum atomic E-state index is -0.276. The molecule has 3 unspecified atom stereocenters. The van der Waals surface area contributed by atoms with E-state index in [1.54, 1.807) is 0 Å². The monoisotopic (exact) mass is 278 g/mol. The summed E-state index contributed by atoms with van der Waals surface area (Å²) in [5.74, 6) is 0. The highest BCUT2D eigenvalue weighted by Crippen LogP contribution is 2.32. The van der Waals surface area contributed by atoms with E-state index in [2.05, 4.69) is 42.1 Å². The molecular formula is C16H30N4. The maximum atomic E-state index is 9.65. The molecule has 0 spiro atoms. The van der Waals surface area contributed by atoms with Crippen LogP contribution in [0.15, 0.2) is 0 Å². The molecule has 0 radical (unpaired) electrons. The second-order valence-corrected chi connectivity index (χ2v) is 6.72. The summed E-state index contributed by atoms with van der Waals surface area (Å²) < 4.78 is 0. The smallest absolute Gasteiger partial charge is 0.108 e. The van der Waals surface area contributed by atoms with Crippen molar-refractivity contribution in [1.29, 1.82) is 5.26 Å². The molecule has 4 heteroatoms. The highest BCUT2D eigenvalue weighted by molar-refractivity contribution is 5.11. The number of rotatable bonds is 4. The summed E-state index contributed by atoms with van der Waals surface area (Å²) in [7, 11) is 2.21. The Morgan fingerprint density at radius 3 is 2.85 bits per heavy atom. The van der Waals surface area contributed by atoms with Gasteiger partial charge in [-0.05, 0) is 52.6 Å². The molecule has 0 aromatic rings. The molecule has 2 aliphatic rings. The Labute approximate surface area is 124 Å². The number of nitrogens with zero attached hydrogens (tertiary/aromatic N) is 3. The maximum absolute atomic E-state index is 9.65. The second-order valence-electron chi connectivity index (χ2n) is 6.72. The lowest BCUT2D eigenvalue weighted by molar-refractivity contribution is 0.0322. The van der Waals surface area contributed by atoms with Gasteiger partial charge in [0.1, 0.15) is 5.54 Å². The van der Waals surface area contributed by atoms with E-state index in [1.165, 1.54) is 12.8 Å². The van der Waals surface area contributed by atoms with E-state index in [1.807, 2.05) is 0 Å². The highest BCUT2D eigenvalue weighted by atomic mass is 15.3. The first-order valence-corrected chi connectivity index (χ1v) is 8.21. The van der Waals surface area contributed by atoms with Gasteiger partial charge < -0.3 is 4.90 Å². The summed E-state index contributed by atoms with van der Waals surface area (Å²) in [6.07, 6.45) is 5.54. The van der Waals surface area contributed by atoms with Crippen LogP contribution >= 0.6 is 0 Å². The fraction of sp³-hybridized carbons (Fsp3) is 0.938. The number of hydrogen-bond donors (Lipinski definition) is 1. The molecule has 2 rings (SSSR count). The largest absolute Gasteiger partial charge is 0.304 e. The van der Waals surface area contributed by atoms with Crippen molar-refractivity contribution in [2.24, 2.45) is 0 Å². The SMILES string of the molecule is CCCNC1(C#N)CCCC(N2CCN(C)CC2C)C1. The molecule has 20 heavy (non-hydrogen) atoms. The van der Waals surface area contributed by atoms with E-state index in [-0.39, 0.29) is 5.54 Å². The molecule has 0 aromatic heterocycles. The van der Waals surface area contributed by atoms with Gasteiger partial charge in [0.15, 0.2) is 0 Å². The molecule has 1 N–H and O–H groups in total. The third-order valence-corrected chi connectivity index (χ3v) is 5.00. The van der Waals surface area contributed by atoms with Crippen molar-refractivity contribution in [2.45, 2.75) is 63.6 Å².